The van der Waals surface area contributed by atoms with Crippen molar-refractivity contribution in [1.29, 1.82) is 0 Å². The van der Waals surface area contributed by atoms with Gasteiger partial charge in [-0.2, -0.15) is 5.10 Å². The van der Waals surface area contributed by atoms with Crippen LogP contribution in [0.15, 0.2) is 60.1 Å². The van der Waals surface area contributed by atoms with E-state index in [-0.39, 0.29) is 11.8 Å². The molecule has 0 aliphatic rings. The lowest BCUT2D eigenvalue weighted by atomic mass is 10.1. The maximum atomic E-state index is 12.7. The quantitative estimate of drug-likeness (QED) is 0.441. The van der Waals surface area contributed by atoms with E-state index in [2.05, 4.69) is 20.7 Å². The van der Waals surface area contributed by atoms with Gasteiger partial charge < -0.3 is 10.6 Å². The number of halogens is 1. The van der Waals surface area contributed by atoms with Crippen molar-refractivity contribution in [3.8, 4) is 5.82 Å². The van der Waals surface area contributed by atoms with E-state index in [1.54, 1.807) is 53.3 Å². The molecule has 0 aliphatic heterocycles. The minimum atomic E-state index is -0.344. The fourth-order valence-electron chi connectivity index (χ4n) is 3.00. The smallest absolute Gasteiger partial charge is 0.265 e. The Morgan fingerprint density at radius 1 is 1.03 bits per heavy atom. The maximum absolute atomic E-state index is 12.7. The lowest BCUT2D eigenvalue weighted by Gasteiger charge is -2.10. The second kappa shape index (κ2) is 8.71. The number of hydrogen-bond acceptors (Lipinski definition) is 5. The molecule has 0 saturated heterocycles. The summed E-state index contributed by atoms with van der Waals surface area (Å²) in [4.78, 5) is 29.9. The molecule has 3 aromatic heterocycles. The van der Waals surface area contributed by atoms with E-state index in [9.17, 15) is 9.59 Å². The van der Waals surface area contributed by atoms with Gasteiger partial charge in [-0.15, -0.1) is 11.3 Å². The summed E-state index contributed by atoms with van der Waals surface area (Å²) in [6.45, 7) is 3.87. The van der Waals surface area contributed by atoms with Crippen LogP contribution in [0.1, 0.15) is 31.4 Å². The molecule has 7 nitrogen and oxygen atoms in total. The number of amides is 2. The molecular weight excluding hydrogens is 434 g/mol. The highest BCUT2D eigenvalue weighted by Gasteiger charge is 2.14. The van der Waals surface area contributed by atoms with Crippen LogP contribution in [0.3, 0.4) is 0 Å². The number of carbonyl (C=O) groups excluding carboxylic acids is 2. The topological polar surface area (TPSA) is 88.9 Å². The minimum Gasteiger partial charge on any atom is -0.321 e. The molecule has 0 bridgehead atoms. The van der Waals surface area contributed by atoms with Gasteiger partial charge in [-0.1, -0.05) is 17.7 Å². The van der Waals surface area contributed by atoms with Gasteiger partial charge in [0, 0.05) is 11.3 Å². The average Bonchev–Trinajstić information content (AvgIpc) is 3.40. The Balaban J connectivity index is 1.48. The third kappa shape index (κ3) is 4.65. The molecule has 0 atom stereocenters. The van der Waals surface area contributed by atoms with Crippen LogP contribution < -0.4 is 10.6 Å². The van der Waals surface area contributed by atoms with Crippen molar-refractivity contribution in [2.75, 3.05) is 10.6 Å². The van der Waals surface area contributed by atoms with Gasteiger partial charge in [0.2, 0.25) is 0 Å². The van der Waals surface area contributed by atoms with Crippen molar-refractivity contribution >= 4 is 46.1 Å². The van der Waals surface area contributed by atoms with Crippen molar-refractivity contribution in [1.82, 2.24) is 14.8 Å². The summed E-state index contributed by atoms with van der Waals surface area (Å²) in [5.74, 6) is 0.0380. The molecule has 4 rings (SSSR count). The number of nitrogens with one attached hydrogen (secondary N) is 2. The van der Waals surface area contributed by atoms with Gasteiger partial charge in [-0.05, 0) is 61.7 Å². The molecule has 0 aliphatic carbocycles. The zero-order valence-corrected chi connectivity index (χ0v) is 18.3. The molecule has 31 heavy (non-hydrogen) atoms. The highest BCUT2D eigenvalue weighted by molar-refractivity contribution is 7.12. The first-order valence-corrected chi connectivity index (χ1v) is 10.6. The monoisotopic (exact) mass is 451 g/mol. The van der Waals surface area contributed by atoms with Crippen LogP contribution in [-0.4, -0.2) is 26.6 Å². The van der Waals surface area contributed by atoms with Crippen molar-refractivity contribution in [3.05, 3.63) is 87.0 Å². The zero-order chi connectivity index (χ0) is 22.0. The predicted molar refractivity (Wildman–Crippen MR) is 123 cm³/mol. The summed E-state index contributed by atoms with van der Waals surface area (Å²) in [7, 11) is 0. The highest BCUT2D eigenvalue weighted by atomic mass is 35.5. The van der Waals surface area contributed by atoms with Crippen LogP contribution in [0.2, 0.25) is 5.02 Å². The zero-order valence-electron chi connectivity index (χ0n) is 16.7. The number of carbonyl (C=O) groups is 2. The Kier molecular flexibility index (Phi) is 5.83. The van der Waals surface area contributed by atoms with Crippen molar-refractivity contribution in [2.24, 2.45) is 0 Å². The lowest BCUT2D eigenvalue weighted by Crippen LogP contribution is -2.14. The van der Waals surface area contributed by atoms with Crippen LogP contribution in [0, 0.1) is 13.8 Å². The van der Waals surface area contributed by atoms with Crippen molar-refractivity contribution in [3.63, 3.8) is 0 Å². The van der Waals surface area contributed by atoms with Gasteiger partial charge >= 0.3 is 0 Å². The third-order valence-electron chi connectivity index (χ3n) is 4.45. The van der Waals surface area contributed by atoms with Crippen LogP contribution in [-0.2, 0) is 0 Å². The standard InChI is InChI=1S/C22H18ClN5O2S/c1-13-10-14(2)28(27-13)20-8-6-16(12-24-20)25-21(29)15-5-7-17(23)18(11-15)26-22(30)19-4-3-9-31-19/h3-12H,1-2H3,(H,25,29)(H,26,30). The van der Waals surface area contributed by atoms with Crippen LogP contribution in [0.4, 0.5) is 11.4 Å². The number of anilines is 2. The first kappa shape index (κ1) is 20.8. The third-order valence-corrected chi connectivity index (χ3v) is 5.65. The molecule has 2 N–H and O–H groups in total. The van der Waals surface area contributed by atoms with Gasteiger partial charge in [0.1, 0.15) is 0 Å². The highest BCUT2D eigenvalue weighted by Crippen LogP contribution is 2.25. The number of pyridine rings is 1. The Morgan fingerprint density at radius 2 is 1.87 bits per heavy atom. The van der Waals surface area contributed by atoms with E-state index in [4.69, 9.17) is 11.6 Å². The summed E-state index contributed by atoms with van der Waals surface area (Å²) in [5.41, 5.74) is 3.13. The van der Waals surface area contributed by atoms with E-state index in [1.807, 2.05) is 25.3 Å². The predicted octanol–water partition coefficient (Wildman–Crippen LogP) is 5.10. The number of benzene rings is 1. The van der Waals surface area contributed by atoms with E-state index < -0.39 is 0 Å². The van der Waals surface area contributed by atoms with Crippen LogP contribution in [0.25, 0.3) is 5.82 Å². The molecule has 4 aromatic rings. The SMILES string of the molecule is Cc1cc(C)n(-c2ccc(NC(=O)c3ccc(Cl)c(NC(=O)c4cccs4)c3)cn2)n1. The Morgan fingerprint density at radius 3 is 2.52 bits per heavy atom. The van der Waals surface area contributed by atoms with E-state index >= 15 is 0 Å². The van der Waals surface area contributed by atoms with Gasteiger partial charge in [0.25, 0.3) is 11.8 Å². The summed E-state index contributed by atoms with van der Waals surface area (Å²) in [6, 6.07) is 13.7. The number of nitrogens with zero attached hydrogens (tertiary/aromatic N) is 3. The van der Waals surface area contributed by atoms with Gasteiger partial charge in [0.05, 0.1) is 33.2 Å². The average molecular weight is 452 g/mol. The molecule has 156 valence electrons. The fourth-order valence-corrected chi connectivity index (χ4v) is 3.79. The summed E-state index contributed by atoms with van der Waals surface area (Å²) >= 11 is 7.52. The molecule has 0 saturated carbocycles. The molecule has 0 spiro atoms. The molecule has 0 radical (unpaired) electrons. The number of hydrogen-bond donors (Lipinski definition) is 2. The van der Waals surface area contributed by atoms with Crippen molar-refractivity contribution < 1.29 is 9.59 Å². The Labute approximate surface area is 187 Å². The van der Waals surface area contributed by atoms with E-state index in [0.29, 0.717) is 32.7 Å². The Bertz CT molecular complexity index is 1250. The summed E-state index contributed by atoms with van der Waals surface area (Å²) in [5, 5.41) is 12.1. The number of thiophene rings is 1. The first-order chi connectivity index (χ1) is 14.9. The summed E-state index contributed by atoms with van der Waals surface area (Å²) < 4.78 is 1.74. The van der Waals surface area contributed by atoms with E-state index in [1.165, 1.54) is 11.3 Å². The normalized spacial score (nSPS) is 10.7. The van der Waals surface area contributed by atoms with Crippen LogP contribution >= 0.6 is 22.9 Å². The molecule has 3 heterocycles. The number of aryl methyl sites for hydroxylation is 2. The molecule has 1 aromatic carbocycles. The number of aromatic nitrogens is 3. The van der Waals surface area contributed by atoms with Crippen molar-refractivity contribution in [2.45, 2.75) is 13.8 Å². The van der Waals surface area contributed by atoms with Gasteiger partial charge in [0.15, 0.2) is 5.82 Å². The Hall–Kier alpha value is -3.49. The molecule has 0 unspecified atom stereocenters. The first-order valence-electron chi connectivity index (χ1n) is 9.36. The minimum absolute atomic E-state index is 0.279. The molecule has 9 heteroatoms. The molecular formula is C22H18ClN5O2S. The van der Waals surface area contributed by atoms with Gasteiger partial charge in [-0.3, -0.25) is 9.59 Å². The summed E-state index contributed by atoms with van der Waals surface area (Å²) in [6.07, 6.45) is 1.57. The number of rotatable bonds is 5. The van der Waals surface area contributed by atoms with Gasteiger partial charge in [-0.25, -0.2) is 9.67 Å². The van der Waals surface area contributed by atoms with Crippen LogP contribution in [0.5, 0.6) is 0 Å². The second-order valence-corrected chi connectivity index (χ2v) is 8.18. The fraction of sp³-hybridized carbons (Fsp3) is 0.0909. The van der Waals surface area contributed by atoms with E-state index in [0.717, 1.165) is 11.4 Å². The molecule has 0 fully saturated rings. The molecule has 2 amide bonds. The maximum Gasteiger partial charge on any atom is 0.265 e. The largest absolute Gasteiger partial charge is 0.321 e. The second-order valence-electron chi connectivity index (χ2n) is 6.82. The lowest BCUT2D eigenvalue weighted by molar-refractivity contribution is 0.101.